The first-order chi connectivity index (χ1) is 16.7. The smallest absolute Gasteiger partial charge is 0.290 e. The second-order valence-corrected chi connectivity index (χ2v) is 10.4. The topological polar surface area (TPSA) is 73.7 Å². The first-order valence-electron chi connectivity index (χ1n) is 11.7. The predicted molar refractivity (Wildman–Crippen MR) is 140 cm³/mol. The number of amides is 1. The van der Waals surface area contributed by atoms with Crippen LogP contribution in [0.5, 0.6) is 0 Å². The summed E-state index contributed by atoms with van der Waals surface area (Å²) in [6.45, 7) is 7.03. The number of carbonyl (C=O) groups excluding carboxylic acids is 2. The van der Waals surface area contributed by atoms with Gasteiger partial charge in [-0.2, -0.15) is 0 Å². The summed E-state index contributed by atoms with van der Waals surface area (Å²) >= 11 is 1.29. The van der Waals surface area contributed by atoms with Gasteiger partial charge in [-0.1, -0.05) is 68.4 Å². The van der Waals surface area contributed by atoms with Crippen molar-refractivity contribution in [1.82, 2.24) is 14.8 Å². The van der Waals surface area contributed by atoms with Crippen molar-refractivity contribution < 1.29 is 14.7 Å². The molecule has 1 atom stereocenters. The second-order valence-electron chi connectivity index (χ2n) is 9.42. The Labute approximate surface area is 210 Å². The van der Waals surface area contributed by atoms with Gasteiger partial charge in [0.05, 0.1) is 22.2 Å². The lowest BCUT2D eigenvalue weighted by molar-refractivity contribution is -0.129. The van der Waals surface area contributed by atoms with E-state index in [-0.39, 0.29) is 11.4 Å². The number of aromatic nitrogens is 1. The third kappa shape index (κ3) is 4.92. The van der Waals surface area contributed by atoms with E-state index in [1.54, 1.807) is 11.8 Å². The van der Waals surface area contributed by atoms with Gasteiger partial charge < -0.3 is 14.9 Å². The van der Waals surface area contributed by atoms with Crippen molar-refractivity contribution >= 4 is 23.0 Å². The highest BCUT2D eigenvalue weighted by Crippen LogP contribution is 2.41. The fraction of sp³-hybridized carbons (Fsp3) is 0.321. The van der Waals surface area contributed by atoms with E-state index >= 15 is 0 Å². The molecule has 6 nitrogen and oxygen atoms in total. The van der Waals surface area contributed by atoms with Crippen molar-refractivity contribution in [3.63, 3.8) is 0 Å². The minimum Gasteiger partial charge on any atom is -0.503 e. The molecule has 1 unspecified atom stereocenters. The highest BCUT2D eigenvalue weighted by Gasteiger charge is 2.44. The van der Waals surface area contributed by atoms with E-state index in [2.05, 4.69) is 18.8 Å². The maximum atomic E-state index is 13.9. The van der Waals surface area contributed by atoms with Crippen LogP contribution < -0.4 is 0 Å². The van der Waals surface area contributed by atoms with Crippen LogP contribution in [0.2, 0.25) is 0 Å². The molecule has 1 aliphatic rings. The van der Waals surface area contributed by atoms with E-state index in [0.717, 1.165) is 16.1 Å². The molecule has 1 aromatic heterocycles. The molecule has 1 amide bonds. The van der Waals surface area contributed by atoms with Gasteiger partial charge in [0.2, 0.25) is 5.78 Å². The van der Waals surface area contributed by atoms with Crippen molar-refractivity contribution in [2.75, 3.05) is 27.2 Å². The van der Waals surface area contributed by atoms with Crippen LogP contribution in [0, 0.1) is 6.92 Å². The van der Waals surface area contributed by atoms with Gasteiger partial charge in [-0.25, -0.2) is 4.98 Å². The monoisotopic (exact) mass is 489 g/mol. The molecular weight excluding hydrogens is 458 g/mol. The summed E-state index contributed by atoms with van der Waals surface area (Å²) in [6.07, 6.45) is 0. The van der Waals surface area contributed by atoms with Crippen LogP contribution >= 0.6 is 11.3 Å². The van der Waals surface area contributed by atoms with Gasteiger partial charge in [0, 0.05) is 18.7 Å². The molecule has 0 radical (unpaired) electrons. The van der Waals surface area contributed by atoms with Gasteiger partial charge in [0.1, 0.15) is 5.01 Å². The molecule has 0 aliphatic carbocycles. The molecule has 35 heavy (non-hydrogen) atoms. The van der Waals surface area contributed by atoms with Gasteiger partial charge in [0.15, 0.2) is 5.76 Å². The van der Waals surface area contributed by atoms with Crippen molar-refractivity contribution in [1.29, 1.82) is 0 Å². The Morgan fingerprint density at radius 2 is 1.77 bits per heavy atom. The van der Waals surface area contributed by atoms with Crippen LogP contribution in [-0.4, -0.2) is 58.8 Å². The van der Waals surface area contributed by atoms with Crippen molar-refractivity contribution in [2.45, 2.75) is 32.7 Å². The molecule has 2 heterocycles. The number of aliphatic hydroxyl groups is 1. The average Bonchev–Trinajstić information content (AvgIpc) is 3.35. The molecule has 2 aromatic carbocycles. The molecule has 0 saturated carbocycles. The predicted octanol–water partition coefficient (Wildman–Crippen LogP) is 5.38. The van der Waals surface area contributed by atoms with E-state index in [9.17, 15) is 14.7 Å². The zero-order chi connectivity index (χ0) is 25.3. The molecule has 0 saturated heterocycles. The lowest BCUT2D eigenvalue weighted by Crippen LogP contribution is -2.36. The molecule has 182 valence electrons. The highest BCUT2D eigenvalue weighted by atomic mass is 32.1. The summed E-state index contributed by atoms with van der Waals surface area (Å²) in [4.78, 5) is 35.7. The minimum absolute atomic E-state index is 0.123. The summed E-state index contributed by atoms with van der Waals surface area (Å²) in [6, 6.07) is 17.0. The lowest BCUT2D eigenvalue weighted by atomic mass is 9.93. The number of aliphatic hydroxyl groups excluding tert-OH is 1. The Bertz CT molecular complexity index is 1260. The van der Waals surface area contributed by atoms with Gasteiger partial charge >= 0.3 is 0 Å². The minimum atomic E-state index is -0.655. The molecule has 0 bridgehead atoms. The molecule has 0 fully saturated rings. The Morgan fingerprint density at radius 3 is 2.37 bits per heavy atom. The second kappa shape index (κ2) is 10.1. The van der Waals surface area contributed by atoms with Crippen molar-refractivity contribution in [2.24, 2.45) is 0 Å². The third-order valence-corrected chi connectivity index (χ3v) is 7.48. The lowest BCUT2D eigenvalue weighted by Gasteiger charge is -2.28. The van der Waals surface area contributed by atoms with E-state index in [1.165, 1.54) is 16.9 Å². The van der Waals surface area contributed by atoms with Gasteiger partial charge in [-0.15, -0.1) is 11.3 Å². The standard InChI is InChI=1S/C28H31N3O3S/c1-17(2)19-11-13-20(14-12-19)23-22(25(33)28(34)31(23)16-15-30(4)5)24(32)26-18(3)29-27(35-26)21-9-7-6-8-10-21/h6-14,17,23,33H,15-16H2,1-5H3. The van der Waals surface area contributed by atoms with Gasteiger partial charge in [0.25, 0.3) is 5.91 Å². The molecule has 7 heteroatoms. The van der Waals surface area contributed by atoms with Gasteiger partial charge in [-0.05, 0) is 38.1 Å². The number of Topliss-reactive ketones (excluding diaryl/α,β-unsaturated/α-hetero) is 1. The molecular formula is C28H31N3O3S. The number of likely N-dealkylation sites (N-methyl/N-ethyl adjacent to an activating group) is 1. The number of aryl methyl sites for hydroxylation is 1. The third-order valence-electron chi connectivity index (χ3n) is 6.28. The average molecular weight is 490 g/mol. The molecule has 4 rings (SSSR count). The zero-order valence-electron chi connectivity index (χ0n) is 20.8. The molecule has 3 aromatic rings. The summed E-state index contributed by atoms with van der Waals surface area (Å²) in [5.41, 5.74) is 3.61. The SMILES string of the molecule is Cc1nc(-c2ccccc2)sc1C(=O)C1=C(O)C(=O)N(CCN(C)C)C1c1ccc(C(C)C)cc1. The summed E-state index contributed by atoms with van der Waals surface area (Å²) < 4.78 is 0. The zero-order valence-corrected chi connectivity index (χ0v) is 21.6. The van der Waals surface area contributed by atoms with Crippen LogP contribution in [-0.2, 0) is 4.79 Å². The summed E-state index contributed by atoms with van der Waals surface area (Å²) in [5.74, 6) is -0.974. The van der Waals surface area contributed by atoms with Crippen LogP contribution in [0.1, 0.15) is 52.3 Å². The molecule has 1 aliphatic heterocycles. The van der Waals surface area contributed by atoms with Crippen molar-refractivity contribution in [3.8, 4) is 10.6 Å². The summed E-state index contributed by atoms with van der Waals surface area (Å²) in [7, 11) is 3.86. The number of hydrogen-bond acceptors (Lipinski definition) is 6. The van der Waals surface area contributed by atoms with Crippen LogP contribution in [0.3, 0.4) is 0 Å². The molecule has 1 N–H and O–H groups in total. The van der Waals surface area contributed by atoms with E-state index in [4.69, 9.17) is 0 Å². The number of thiazole rings is 1. The fourth-order valence-corrected chi connectivity index (χ4v) is 5.29. The van der Waals surface area contributed by atoms with E-state index in [0.29, 0.717) is 29.6 Å². The number of ketones is 1. The maximum Gasteiger partial charge on any atom is 0.290 e. The number of benzene rings is 2. The first-order valence-corrected chi connectivity index (χ1v) is 12.6. The fourth-order valence-electron chi connectivity index (χ4n) is 4.27. The largest absolute Gasteiger partial charge is 0.503 e. The summed E-state index contributed by atoms with van der Waals surface area (Å²) in [5, 5.41) is 11.7. The van der Waals surface area contributed by atoms with E-state index in [1.807, 2.05) is 73.6 Å². The maximum absolute atomic E-state index is 13.9. The Kier molecular flexibility index (Phi) is 7.19. The number of rotatable bonds is 8. The number of nitrogens with zero attached hydrogens (tertiary/aromatic N) is 3. The Balaban J connectivity index is 1.76. The Hall–Kier alpha value is -3.29. The first kappa shape index (κ1) is 24.8. The normalized spacial score (nSPS) is 16.1. The molecule has 0 spiro atoms. The number of hydrogen-bond donors (Lipinski definition) is 1. The van der Waals surface area contributed by atoms with Crippen molar-refractivity contribution in [3.05, 3.63) is 87.6 Å². The quantitative estimate of drug-likeness (QED) is 0.430. The Morgan fingerprint density at radius 1 is 1.11 bits per heavy atom. The van der Waals surface area contributed by atoms with Crippen LogP contribution in [0.4, 0.5) is 0 Å². The van der Waals surface area contributed by atoms with E-state index < -0.39 is 17.7 Å². The highest BCUT2D eigenvalue weighted by molar-refractivity contribution is 7.17. The van der Waals surface area contributed by atoms with Crippen LogP contribution in [0.25, 0.3) is 10.6 Å². The number of carbonyl (C=O) groups is 2. The van der Waals surface area contributed by atoms with Crippen LogP contribution in [0.15, 0.2) is 65.9 Å². The van der Waals surface area contributed by atoms with Gasteiger partial charge in [-0.3, -0.25) is 9.59 Å².